The Labute approximate surface area is 129 Å². The van der Waals surface area contributed by atoms with Crippen LogP contribution in [0.5, 0.6) is 0 Å². The molecule has 21 heavy (non-hydrogen) atoms. The van der Waals surface area contributed by atoms with Crippen molar-refractivity contribution >= 4 is 5.91 Å². The number of aliphatic hydroxyl groups excluding tert-OH is 1. The fraction of sp³-hybridized carbons (Fsp3) is 0.833. The molecular formula is C18H31NO2. The highest BCUT2D eigenvalue weighted by atomic mass is 16.3. The molecule has 0 spiro atoms. The summed E-state index contributed by atoms with van der Waals surface area (Å²) in [6.45, 7) is 0. The Bertz CT molecular complexity index is 363. The summed E-state index contributed by atoms with van der Waals surface area (Å²) in [6, 6.07) is 0. The SMILES string of the molecule is CN(C)C(=O)/C(=C\C1CCCCC1)C(O)C1CCCCC1. The van der Waals surface area contributed by atoms with Gasteiger partial charge in [0.15, 0.2) is 0 Å². The van der Waals surface area contributed by atoms with E-state index in [9.17, 15) is 9.90 Å². The van der Waals surface area contributed by atoms with Gasteiger partial charge in [-0.3, -0.25) is 4.79 Å². The van der Waals surface area contributed by atoms with Crippen molar-refractivity contribution in [3.8, 4) is 0 Å². The number of likely N-dealkylation sites (N-methyl/N-ethyl adjacent to an activating group) is 1. The summed E-state index contributed by atoms with van der Waals surface area (Å²) in [5, 5.41) is 10.8. The molecule has 0 bridgehead atoms. The van der Waals surface area contributed by atoms with Crippen molar-refractivity contribution < 1.29 is 9.90 Å². The summed E-state index contributed by atoms with van der Waals surface area (Å²) >= 11 is 0. The highest BCUT2D eigenvalue weighted by molar-refractivity contribution is 5.94. The lowest BCUT2D eigenvalue weighted by molar-refractivity contribution is -0.126. The molecule has 2 saturated carbocycles. The maximum absolute atomic E-state index is 12.5. The monoisotopic (exact) mass is 293 g/mol. The van der Waals surface area contributed by atoms with Gasteiger partial charge in [-0.25, -0.2) is 0 Å². The first-order valence-corrected chi connectivity index (χ1v) is 8.71. The fourth-order valence-electron chi connectivity index (χ4n) is 3.81. The Kier molecular flexibility index (Phi) is 6.28. The molecular weight excluding hydrogens is 262 g/mol. The second kappa shape index (κ2) is 7.98. The molecule has 0 heterocycles. The average molecular weight is 293 g/mol. The molecule has 0 aromatic heterocycles. The Hall–Kier alpha value is -0.830. The molecule has 1 unspecified atom stereocenters. The number of allylic oxidation sites excluding steroid dienone is 1. The van der Waals surface area contributed by atoms with E-state index in [0.717, 1.165) is 12.8 Å². The first kappa shape index (κ1) is 16.5. The summed E-state index contributed by atoms with van der Waals surface area (Å²) in [6.07, 6.45) is 13.5. The molecule has 2 aliphatic carbocycles. The summed E-state index contributed by atoms with van der Waals surface area (Å²) < 4.78 is 0. The third-order valence-corrected chi connectivity index (χ3v) is 5.13. The molecule has 2 aliphatic rings. The van der Waals surface area contributed by atoms with Crippen LogP contribution in [0.4, 0.5) is 0 Å². The first-order chi connectivity index (χ1) is 10.1. The third-order valence-electron chi connectivity index (χ3n) is 5.13. The molecule has 1 amide bonds. The molecule has 0 aromatic rings. The van der Waals surface area contributed by atoms with Crippen LogP contribution in [-0.2, 0) is 4.79 Å². The smallest absolute Gasteiger partial charge is 0.251 e. The Morgan fingerprint density at radius 1 is 1.00 bits per heavy atom. The second-order valence-electron chi connectivity index (χ2n) is 7.06. The van der Waals surface area contributed by atoms with Gasteiger partial charge in [0.05, 0.1) is 6.10 Å². The van der Waals surface area contributed by atoms with Gasteiger partial charge in [0.2, 0.25) is 0 Å². The number of carbonyl (C=O) groups is 1. The molecule has 0 radical (unpaired) electrons. The van der Waals surface area contributed by atoms with E-state index in [1.807, 2.05) is 0 Å². The largest absolute Gasteiger partial charge is 0.388 e. The van der Waals surface area contributed by atoms with E-state index in [2.05, 4.69) is 6.08 Å². The quantitative estimate of drug-likeness (QED) is 0.806. The molecule has 0 aromatic carbocycles. The topological polar surface area (TPSA) is 40.5 Å². The van der Waals surface area contributed by atoms with Gasteiger partial charge in [-0.2, -0.15) is 0 Å². The van der Waals surface area contributed by atoms with Gasteiger partial charge in [-0.1, -0.05) is 44.6 Å². The fourth-order valence-corrected chi connectivity index (χ4v) is 3.81. The zero-order valence-electron chi connectivity index (χ0n) is 13.7. The molecule has 0 saturated heterocycles. The van der Waals surface area contributed by atoms with Crippen molar-refractivity contribution in [2.24, 2.45) is 11.8 Å². The third kappa shape index (κ3) is 4.57. The molecule has 2 fully saturated rings. The number of aliphatic hydroxyl groups is 1. The van der Waals surface area contributed by atoms with Crippen LogP contribution in [0.3, 0.4) is 0 Å². The molecule has 0 aliphatic heterocycles. The van der Waals surface area contributed by atoms with Crippen LogP contribution in [0.25, 0.3) is 0 Å². The molecule has 1 N–H and O–H groups in total. The second-order valence-corrected chi connectivity index (χ2v) is 7.06. The summed E-state index contributed by atoms with van der Waals surface area (Å²) in [5.41, 5.74) is 0.666. The molecule has 3 nitrogen and oxygen atoms in total. The van der Waals surface area contributed by atoms with Crippen LogP contribution in [0.2, 0.25) is 0 Å². The highest BCUT2D eigenvalue weighted by Gasteiger charge is 2.30. The number of hydrogen-bond acceptors (Lipinski definition) is 2. The maximum atomic E-state index is 12.5. The van der Waals surface area contributed by atoms with E-state index in [1.54, 1.807) is 19.0 Å². The van der Waals surface area contributed by atoms with Gasteiger partial charge in [-0.05, 0) is 37.5 Å². The number of carbonyl (C=O) groups excluding carboxylic acids is 1. The van der Waals surface area contributed by atoms with Crippen LogP contribution in [0.15, 0.2) is 11.6 Å². The Morgan fingerprint density at radius 2 is 1.52 bits per heavy atom. The number of nitrogens with zero attached hydrogens (tertiary/aromatic N) is 1. The lowest BCUT2D eigenvalue weighted by Crippen LogP contribution is -2.35. The normalized spacial score (nSPS) is 23.9. The molecule has 1 atom stereocenters. The maximum Gasteiger partial charge on any atom is 0.251 e. The van der Waals surface area contributed by atoms with Crippen molar-refractivity contribution in [2.45, 2.75) is 70.3 Å². The van der Waals surface area contributed by atoms with E-state index < -0.39 is 6.10 Å². The highest BCUT2D eigenvalue weighted by Crippen LogP contribution is 2.32. The minimum atomic E-state index is -0.567. The lowest BCUT2D eigenvalue weighted by Gasteiger charge is -2.30. The average Bonchev–Trinajstić information content (AvgIpc) is 2.53. The van der Waals surface area contributed by atoms with Gasteiger partial charge in [-0.15, -0.1) is 0 Å². The zero-order chi connectivity index (χ0) is 15.2. The van der Waals surface area contributed by atoms with Crippen LogP contribution >= 0.6 is 0 Å². The standard InChI is InChI=1S/C18H31NO2/c1-19(2)18(21)16(13-14-9-5-3-6-10-14)17(20)15-11-7-4-8-12-15/h13-15,17,20H,3-12H2,1-2H3/b16-13-. The van der Waals surface area contributed by atoms with E-state index in [0.29, 0.717) is 11.5 Å². The van der Waals surface area contributed by atoms with E-state index in [1.165, 1.54) is 51.4 Å². The van der Waals surface area contributed by atoms with E-state index in [-0.39, 0.29) is 11.8 Å². The minimum absolute atomic E-state index is 0.00125. The summed E-state index contributed by atoms with van der Waals surface area (Å²) in [7, 11) is 3.56. The van der Waals surface area contributed by atoms with Gasteiger partial charge < -0.3 is 10.0 Å². The lowest BCUT2D eigenvalue weighted by atomic mass is 9.80. The van der Waals surface area contributed by atoms with E-state index >= 15 is 0 Å². The van der Waals surface area contributed by atoms with Crippen molar-refractivity contribution in [3.05, 3.63) is 11.6 Å². The van der Waals surface area contributed by atoms with Crippen molar-refractivity contribution in [1.82, 2.24) is 4.90 Å². The predicted octanol–water partition coefficient (Wildman–Crippen LogP) is 3.52. The van der Waals surface area contributed by atoms with Crippen molar-refractivity contribution in [2.75, 3.05) is 14.1 Å². The van der Waals surface area contributed by atoms with Gasteiger partial charge >= 0.3 is 0 Å². The van der Waals surface area contributed by atoms with Crippen LogP contribution in [0, 0.1) is 11.8 Å². The van der Waals surface area contributed by atoms with Crippen molar-refractivity contribution in [1.29, 1.82) is 0 Å². The Balaban J connectivity index is 2.13. The van der Waals surface area contributed by atoms with Gasteiger partial charge in [0, 0.05) is 19.7 Å². The number of amides is 1. The molecule has 3 heteroatoms. The van der Waals surface area contributed by atoms with Crippen LogP contribution in [0.1, 0.15) is 64.2 Å². The Morgan fingerprint density at radius 3 is 2.05 bits per heavy atom. The van der Waals surface area contributed by atoms with Crippen molar-refractivity contribution in [3.63, 3.8) is 0 Å². The molecule has 2 rings (SSSR count). The van der Waals surface area contributed by atoms with Crippen LogP contribution < -0.4 is 0 Å². The van der Waals surface area contributed by atoms with Gasteiger partial charge in [0.25, 0.3) is 5.91 Å². The number of rotatable bonds is 4. The summed E-state index contributed by atoms with van der Waals surface area (Å²) in [5.74, 6) is 0.757. The number of hydrogen-bond donors (Lipinski definition) is 1. The molecule has 120 valence electrons. The minimum Gasteiger partial charge on any atom is -0.388 e. The first-order valence-electron chi connectivity index (χ1n) is 8.71. The predicted molar refractivity (Wildman–Crippen MR) is 85.9 cm³/mol. The van der Waals surface area contributed by atoms with Gasteiger partial charge in [0.1, 0.15) is 0 Å². The van der Waals surface area contributed by atoms with E-state index in [4.69, 9.17) is 0 Å². The van der Waals surface area contributed by atoms with Crippen LogP contribution in [-0.4, -0.2) is 36.1 Å². The zero-order valence-corrected chi connectivity index (χ0v) is 13.7. The summed E-state index contributed by atoms with van der Waals surface area (Å²) in [4.78, 5) is 14.1.